The number of nitrogens with two attached hydrogens (primary N) is 1. The molecule has 118 valence electrons. The first kappa shape index (κ1) is 16.0. The molecule has 0 radical (unpaired) electrons. The van der Waals surface area contributed by atoms with Gasteiger partial charge in [0.25, 0.3) is 5.91 Å². The number of carbonyl (C=O) groups is 1. The third kappa shape index (κ3) is 3.83. The van der Waals surface area contributed by atoms with Gasteiger partial charge in [-0.3, -0.25) is 14.4 Å². The first-order valence-electron chi connectivity index (χ1n) is 7.79. The summed E-state index contributed by atoms with van der Waals surface area (Å²) in [5, 5.41) is 4.36. The van der Waals surface area contributed by atoms with Crippen molar-refractivity contribution < 1.29 is 4.79 Å². The van der Waals surface area contributed by atoms with Gasteiger partial charge in [-0.25, -0.2) is 0 Å². The van der Waals surface area contributed by atoms with Gasteiger partial charge in [0, 0.05) is 39.8 Å². The summed E-state index contributed by atoms with van der Waals surface area (Å²) in [5.41, 5.74) is 7.33. The SMILES string of the molecule is CCc1cc(C(=O)N2CCN(CC(C)CN)CC2)n(C)n1. The third-order valence-electron chi connectivity index (χ3n) is 4.14. The second kappa shape index (κ2) is 7.04. The van der Waals surface area contributed by atoms with Crippen molar-refractivity contribution in [1.29, 1.82) is 0 Å². The van der Waals surface area contributed by atoms with Gasteiger partial charge in [0.05, 0.1) is 5.69 Å². The van der Waals surface area contributed by atoms with E-state index in [0.29, 0.717) is 18.2 Å². The van der Waals surface area contributed by atoms with Crippen molar-refractivity contribution in [2.24, 2.45) is 18.7 Å². The number of aromatic nitrogens is 2. The van der Waals surface area contributed by atoms with Crippen LogP contribution in [0.15, 0.2) is 6.07 Å². The summed E-state index contributed by atoms with van der Waals surface area (Å²) in [6, 6.07) is 1.91. The van der Waals surface area contributed by atoms with E-state index in [1.165, 1.54) is 0 Å². The van der Waals surface area contributed by atoms with E-state index in [4.69, 9.17) is 5.73 Å². The molecule has 6 heteroatoms. The van der Waals surface area contributed by atoms with E-state index in [-0.39, 0.29) is 5.91 Å². The summed E-state index contributed by atoms with van der Waals surface area (Å²) < 4.78 is 1.70. The number of carbonyl (C=O) groups excluding carboxylic acids is 1. The highest BCUT2D eigenvalue weighted by Crippen LogP contribution is 2.11. The van der Waals surface area contributed by atoms with E-state index in [1.54, 1.807) is 4.68 Å². The van der Waals surface area contributed by atoms with Gasteiger partial charge >= 0.3 is 0 Å². The summed E-state index contributed by atoms with van der Waals surface area (Å²) in [6.45, 7) is 9.36. The van der Waals surface area contributed by atoms with Crippen molar-refractivity contribution in [3.8, 4) is 0 Å². The zero-order valence-corrected chi connectivity index (χ0v) is 13.4. The molecule has 0 spiro atoms. The number of amides is 1. The van der Waals surface area contributed by atoms with Gasteiger partial charge in [0.1, 0.15) is 5.69 Å². The number of nitrogens with zero attached hydrogens (tertiary/aromatic N) is 4. The minimum Gasteiger partial charge on any atom is -0.335 e. The second-order valence-electron chi connectivity index (χ2n) is 5.93. The molecule has 0 aromatic carbocycles. The second-order valence-corrected chi connectivity index (χ2v) is 5.93. The molecule has 1 aliphatic rings. The monoisotopic (exact) mass is 293 g/mol. The first-order valence-corrected chi connectivity index (χ1v) is 7.79. The van der Waals surface area contributed by atoms with Crippen molar-refractivity contribution in [2.45, 2.75) is 20.3 Å². The van der Waals surface area contributed by atoms with Crippen LogP contribution in [0, 0.1) is 5.92 Å². The summed E-state index contributed by atoms with van der Waals surface area (Å²) in [7, 11) is 1.84. The molecule has 1 aromatic heterocycles. The molecule has 0 aliphatic carbocycles. The molecule has 1 aromatic rings. The zero-order valence-electron chi connectivity index (χ0n) is 13.4. The maximum Gasteiger partial charge on any atom is 0.272 e. The summed E-state index contributed by atoms with van der Waals surface area (Å²) in [4.78, 5) is 16.9. The quantitative estimate of drug-likeness (QED) is 0.850. The van der Waals surface area contributed by atoms with E-state index in [1.807, 2.05) is 24.9 Å². The third-order valence-corrected chi connectivity index (χ3v) is 4.14. The highest BCUT2D eigenvalue weighted by molar-refractivity contribution is 5.92. The first-order chi connectivity index (χ1) is 10.0. The molecule has 6 nitrogen and oxygen atoms in total. The van der Waals surface area contributed by atoms with Crippen LogP contribution in [0.3, 0.4) is 0 Å². The van der Waals surface area contributed by atoms with Gasteiger partial charge in [-0.1, -0.05) is 13.8 Å². The molecule has 2 heterocycles. The van der Waals surface area contributed by atoms with E-state index >= 15 is 0 Å². The van der Waals surface area contributed by atoms with Crippen LogP contribution in [0.25, 0.3) is 0 Å². The molecular weight excluding hydrogens is 266 g/mol. The standard InChI is InChI=1S/C15H27N5O/c1-4-13-9-14(18(3)17-13)15(21)20-7-5-19(6-8-20)11-12(2)10-16/h9,12H,4-8,10-11,16H2,1-3H3. The lowest BCUT2D eigenvalue weighted by Gasteiger charge is -2.35. The van der Waals surface area contributed by atoms with Gasteiger partial charge in [0.15, 0.2) is 0 Å². The van der Waals surface area contributed by atoms with Crippen molar-refractivity contribution in [3.63, 3.8) is 0 Å². The molecule has 1 unspecified atom stereocenters. The number of rotatable bonds is 5. The average Bonchev–Trinajstić information content (AvgIpc) is 2.88. The molecule has 1 amide bonds. The zero-order chi connectivity index (χ0) is 15.4. The van der Waals surface area contributed by atoms with Crippen LogP contribution in [-0.2, 0) is 13.5 Å². The number of aryl methyl sites for hydroxylation is 2. The van der Waals surface area contributed by atoms with Gasteiger partial charge in [-0.05, 0) is 24.9 Å². The summed E-state index contributed by atoms with van der Waals surface area (Å²) in [6.07, 6.45) is 0.853. The molecule has 0 saturated carbocycles. The Balaban J connectivity index is 1.92. The molecule has 21 heavy (non-hydrogen) atoms. The van der Waals surface area contributed by atoms with E-state index in [0.717, 1.165) is 44.8 Å². The van der Waals surface area contributed by atoms with Crippen LogP contribution in [0.2, 0.25) is 0 Å². The number of hydrogen-bond acceptors (Lipinski definition) is 4. The summed E-state index contributed by atoms with van der Waals surface area (Å²) >= 11 is 0. The fourth-order valence-electron chi connectivity index (χ4n) is 2.71. The molecule has 1 aliphatic heterocycles. The molecule has 1 fully saturated rings. The maximum atomic E-state index is 12.6. The lowest BCUT2D eigenvalue weighted by atomic mass is 10.1. The molecule has 1 saturated heterocycles. The predicted molar refractivity (Wildman–Crippen MR) is 83.1 cm³/mol. The number of piperazine rings is 1. The minimum atomic E-state index is 0.0937. The van der Waals surface area contributed by atoms with Gasteiger partial charge < -0.3 is 10.6 Å². The average molecular weight is 293 g/mol. The highest BCUT2D eigenvalue weighted by Gasteiger charge is 2.24. The van der Waals surface area contributed by atoms with Gasteiger partial charge in [-0.15, -0.1) is 0 Å². The predicted octanol–water partition coefficient (Wildman–Crippen LogP) is 0.335. The normalized spacial score (nSPS) is 18.0. The van der Waals surface area contributed by atoms with Crippen molar-refractivity contribution in [2.75, 3.05) is 39.3 Å². The fraction of sp³-hybridized carbons (Fsp3) is 0.733. The van der Waals surface area contributed by atoms with E-state index < -0.39 is 0 Å². The lowest BCUT2D eigenvalue weighted by Crippen LogP contribution is -2.50. The van der Waals surface area contributed by atoms with Crippen molar-refractivity contribution in [3.05, 3.63) is 17.5 Å². The van der Waals surface area contributed by atoms with Crippen LogP contribution < -0.4 is 5.73 Å². The number of hydrogen-bond donors (Lipinski definition) is 1. The minimum absolute atomic E-state index is 0.0937. The van der Waals surface area contributed by atoms with Crippen LogP contribution in [0.4, 0.5) is 0 Å². The summed E-state index contributed by atoms with van der Waals surface area (Å²) in [5.74, 6) is 0.604. The van der Waals surface area contributed by atoms with E-state index in [9.17, 15) is 4.79 Å². The van der Waals surface area contributed by atoms with Gasteiger partial charge in [0.2, 0.25) is 0 Å². The van der Waals surface area contributed by atoms with Crippen molar-refractivity contribution >= 4 is 5.91 Å². The Morgan fingerprint density at radius 3 is 2.57 bits per heavy atom. The Morgan fingerprint density at radius 2 is 2.05 bits per heavy atom. The van der Waals surface area contributed by atoms with Crippen LogP contribution >= 0.6 is 0 Å². The lowest BCUT2D eigenvalue weighted by molar-refractivity contribution is 0.0611. The molecule has 1 atom stereocenters. The van der Waals surface area contributed by atoms with Gasteiger partial charge in [-0.2, -0.15) is 5.10 Å². The van der Waals surface area contributed by atoms with Crippen LogP contribution in [0.5, 0.6) is 0 Å². The fourth-order valence-corrected chi connectivity index (χ4v) is 2.71. The Hall–Kier alpha value is -1.40. The highest BCUT2D eigenvalue weighted by atomic mass is 16.2. The Morgan fingerprint density at radius 1 is 1.38 bits per heavy atom. The molecule has 2 rings (SSSR count). The Labute approximate surface area is 126 Å². The molecule has 2 N–H and O–H groups in total. The topological polar surface area (TPSA) is 67.4 Å². The molecule has 0 bridgehead atoms. The Bertz CT molecular complexity index is 476. The largest absolute Gasteiger partial charge is 0.335 e. The van der Waals surface area contributed by atoms with E-state index in [2.05, 4.69) is 16.9 Å². The van der Waals surface area contributed by atoms with Crippen LogP contribution in [0.1, 0.15) is 30.0 Å². The maximum absolute atomic E-state index is 12.6. The molecular formula is C15H27N5O. The van der Waals surface area contributed by atoms with Crippen LogP contribution in [-0.4, -0.2) is 64.8 Å². The van der Waals surface area contributed by atoms with Crippen molar-refractivity contribution in [1.82, 2.24) is 19.6 Å². The Kier molecular flexibility index (Phi) is 5.36. The smallest absolute Gasteiger partial charge is 0.272 e.